The molecule has 2 rings (SSSR count). The first-order valence-electron chi connectivity index (χ1n) is 6.62. The van der Waals surface area contributed by atoms with Gasteiger partial charge in [0.05, 0.1) is 13.2 Å². The van der Waals surface area contributed by atoms with E-state index in [2.05, 4.69) is 26.3 Å². The van der Waals surface area contributed by atoms with E-state index in [4.69, 9.17) is 16.3 Å². The minimum Gasteiger partial charge on any atom is -0.497 e. The Hall–Kier alpha value is -1.85. The van der Waals surface area contributed by atoms with Crippen molar-refractivity contribution < 1.29 is 4.74 Å². The Morgan fingerprint density at radius 1 is 1.29 bits per heavy atom. The van der Waals surface area contributed by atoms with E-state index < -0.39 is 0 Å². The van der Waals surface area contributed by atoms with Crippen molar-refractivity contribution in [3.63, 3.8) is 0 Å². The number of hydrogen-bond donors (Lipinski definition) is 1. The third kappa shape index (κ3) is 4.31. The lowest BCUT2D eigenvalue weighted by Gasteiger charge is -2.25. The molecule has 0 saturated carbocycles. The standard InChI is InChI=1S/C15H19ClN4O/c1-20(2)13(11-5-4-6-12(7-11)21-3)9-17-15-8-14(16)18-10-19-15/h4-8,10,13H,9H2,1-3H3,(H,17,18,19). The molecular formula is C15H19ClN4O. The highest BCUT2D eigenvalue weighted by atomic mass is 35.5. The third-order valence-corrected chi connectivity index (χ3v) is 3.42. The summed E-state index contributed by atoms with van der Waals surface area (Å²) in [5, 5.41) is 3.71. The Labute approximate surface area is 129 Å². The van der Waals surface area contributed by atoms with Gasteiger partial charge in [-0.2, -0.15) is 0 Å². The molecule has 2 aromatic rings. The Bertz CT molecular complexity index is 591. The Balaban J connectivity index is 2.12. The van der Waals surface area contributed by atoms with Crippen LogP contribution in [0.3, 0.4) is 0 Å². The summed E-state index contributed by atoms with van der Waals surface area (Å²) in [7, 11) is 5.75. The summed E-state index contributed by atoms with van der Waals surface area (Å²) in [4.78, 5) is 10.2. The lowest BCUT2D eigenvalue weighted by Crippen LogP contribution is -2.27. The molecule has 0 aliphatic carbocycles. The Morgan fingerprint density at radius 2 is 2.10 bits per heavy atom. The number of methoxy groups -OCH3 is 1. The molecule has 0 amide bonds. The van der Waals surface area contributed by atoms with Crippen molar-refractivity contribution in [1.82, 2.24) is 14.9 Å². The molecule has 21 heavy (non-hydrogen) atoms. The third-order valence-electron chi connectivity index (χ3n) is 3.21. The molecule has 0 spiro atoms. The zero-order chi connectivity index (χ0) is 15.2. The average molecular weight is 307 g/mol. The molecule has 112 valence electrons. The first kappa shape index (κ1) is 15.5. The van der Waals surface area contributed by atoms with E-state index in [1.165, 1.54) is 11.9 Å². The summed E-state index contributed by atoms with van der Waals surface area (Å²) >= 11 is 5.86. The number of nitrogens with one attached hydrogen (secondary N) is 1. The molecule has 1 atom stereocenters. The van der Waals surface area contributed by atoms with Gasteiger partial charge >= 0.3 is 0 Å². The number of aromatic nitrogens is 2. The molecule has 5 nitrogen and oxygen atoms in total. The quantitative estimate of drug-likeness (QED) is 0.832. The van der Waals surface area contributed by atoms with Crippen molar-refractivity contribution in [1.29, 1.82) is 0 Å². The average Bonchev–Trinajstić information content (AvgIpc) is 2.47. The molecule has 0 aliphatic rings. The van der Waals surface area contributed by atoms with Crippen LogP contribution in [0.1, 0.15) is 11.6 Å². The Morgan fingerprint density at radius 3 is 2.76 bits per heavy atom. The number of anilines is 1. The van der Waals surface area contributed by atoms with E-state index in [9.17, 15) is 0 Å². The van der Waals surface area contributed by atoms with Crippen LogP contribution in [-0.4, -0.2) is 42.6 Å². The number of hydrogen-bond acceptors (Lipinski definition) is 5. The van der Waals surface area contributed by atoms with Gasteiger partial charge in [-0.1, -0.05) is 23.7 Å². The topological polar surface area (TPSA) is 50.3 Å². The van der Waals surface area contributed by atoms with Crippen LogP contribution < -0.4 is 10.1 Å². The van der Waals surface area contributed by atoms with Gasteiger partial charge in [-0.15, -0.1) is 0 Å². The van der Waals surface area contributed by atoms with Crippen LogP contribution in [0, 0.1) is 0 Å². The normalized spacial score (nSPS) is 12.2. The molecule has 1 N–H and O–H groups in total. The number of ether oxygens (including phenoxy) is 1. The van der Waals surface area contributed by atoms with Crippen molar-refractivity contribution in [2.45, 2.75) is 6.04 Å². The first-order valence-corrected chi connectivity index (χ1v) is 6.99. The second-order valence-electron chi connectivity index (χ2n) is 4.86. The van der Waals surface area contributed by atoms with E-state index in [-0.39, 0.29) is 6.04 Å². The van der Waals surface area contributed by atoms with Gasteiger partial charge in [0.1, 0.15) is 23.0 Å². The summed E-state index contributed by atoms with van der Waals surface area (Å²) in [6, 6.07) is 9.95. The van der Waals surface area contributed by atoms with Crippen LogP contribution in [0.15, 0.2) is 36.7 Å². The van der Waals surface area contributed by atoms with Crippen LogP contribution in [0.2, 0.25) is 5.15 Å². The zero-order valence-electron chi connectivity index (χ0n) is 12.4. The molecular weight excluding hydrogens is 288 g/mol. The maximum atomic E-state index is 5.86. The Kier molecular flexibility index (Phi) is 5.36. The molecule has 1 aromatic heterocycles. The molecule has 0 bridgehead atoms. The van der Waals surface area contributed by atoms with Gasteiger partial charge < -0.3 is 15.0 Å². The van der Waals surface area contributed by atoms with Gasteiger partial charge in [-0.3, -0.25) is 0 Å². The zero-order valence-corrected chi connectivity index (χ0v) is 13.1. The monoisotopic (exact) mass is 306 g/mol. The molecule has 1 aromatic carbocycles. The summed E-state index contributed by atoms with van der Waals surface area (Å²) in [6.45, 7) is 0.702. The second kappa shape index (κ2) is 7.24. The largest absolute Gasteiger partial charge is 0.497 e. The summed E-state index contributed by atoms with van der Waals surface area (Å²) in [5.41, 5.74) is 1.17. The summed E-state index contributed by atoms with van der Waals surface area (Å²) < 4.78 is 5.29. The fourth-order valence-corrected chi connectivity index (χ4v) is 2.23. The van der Waals surface area contributed by atoms with Crippen molar-refractivity contribution in [2.24, 2.45) is 0 Å². The second-order valence-corrected chi connectivity index (χ2v) is 5.25. The first-order chi connectivity index (χ1) is 10.1. The van der Waals surface area contributed by atoms with Gasteiger partial charge in [-0.25, -0.2) is 9.97 Å². The molecule has 0 fully saturated rings. The molecule has 1 heterocycles. The van der Waals surface area contributed by atoms with Crippen LogP contribution >= 0.6 is 11.6 Å². The van der Waals surface area contributed by atoms with Gasteiger partial charge in [0.2, 0.25) is 0 Å². The highest BCUT2D eigenvalue weighted by molar-refractivity contribution is 6.29. The van der Waals surface area contributed by atoms with Gasteiger partial charge in [0.15, 0.2) is 0 Å². The van der Waals surface area contributed by atoms with Crippen LogP contribution in [-0.2, 0) is 0 Å². The van der Waals surface area contributed by atoms with Crippen LogP contribution in [0.4, 0.5) is 5.82 Å². The minimum atomic E-state index is 0.189. The van der Waals surface area contributed by atoms with Crippen LogP contribution in [0.25, 0.3) is 0 Å². The predicted octanol–water partition coefficient (Wildman–Crippen LogP) is 2.85. The molecule has 0 aliphatic heterocycles. The van der Waals surface area contributed by atoms with Gasteiger partial charge in [0.25, 0.3) is 0 Å². The summed E-state index contributed by atoms with van der Waals surface area (Å²) in [5.74, 6) is 1.56. The fourth-order valence-electron chi connectivity index (χ4n) is 2.08. The van der Waals surface area contributed by atoms with E-state index >= 15 is 0 Å². The molecule has 1 unspecified atom stereocenters. The molecule has 6 heteroatoms. The van der Waals surface area contributed by atoms with Crippen molar-refractivity contribution >= 4 is 17.4 Å². The number of likely N-dealkylation sites (N-methyl/N-ethyl adjacent to an activating group) is 1. The predicted molar refractivity (Wildman–Crippen MR) is 85.0 cm³/mol. The summed E-state index contributed by atoms with van der Waals surface area (Å²) in [6.07, 6.45) is 1.45. The number of nitrogens with zero attached hydrogens (tertiary/aromatic N) is 3. The maximum absolute atomic E-state index is 5.86. The lowest BCUT2D eigenvalue weighted by atomic mass is 10.1. The molecule has 0 radical (unpaired) electrons. The molecule has 0 saturated heterocycles. The maximum Gasteiger partial charge on any atom is 0.134 e. The van der Waals surface area contributed by atoms with Gasteiger partial charge in [-0.05, 0) is 31.8 Å². The number of halogens is 1. The highest BCUT2D eigenvalue weighted by Crippen LogP contribution is 2.23. The highest BCUT2D eigenvalue weighted by Gasteiger charge is 2.15. The van der Waals surface area contributed by atoms with Crippen molar-refractivity contribution in [3.8, 4) is 5.75 Å². The van der Waals surface area contributed by atoms with E-state index in [0.29, 0.717) is 17.5 Å². The van der Waals surface area contributed by atoms with E-state index in [0.717, 1.165) is 5.75 Å². The minimum absolute atomic E-state index is 0.189. The fraction of sp³-hybridized carbons (Fsp3) is 0.333. The van der Waals surface area contributed by atoms with Crippen molar-refractivity contribution in [3.05, 3.63) is 47.4 Å². The van der Waals surface area contributed by atoms with E-state index in [1.807, 2.05) is 32.3 Å². The van der Waals surface area contributed by atoms with Gasteiger partial charge in [0, 0.05) is 12.6 Å². The van der Waals surface area contributed by atoms with Crippen LogP contribution in [0.5, 0.6) is 5.75 Å². The van der Waals surface area contributed by atoms with E-state index in [1.54, 1.807) is 13.2 Å². The lowest BCUT2D eigenvalue weighted by molar-refractivity contribution is 0.310. The smallest absolute Gasteiger partial charge is 0.134 e. The number of benzene rings is 1. The SMILES string of the molecule is COc1cccc(C(CNc2cc(Cl)ncn2)N(C)C)c1. The van der Waals surface area contributed by atoms with Crippen molar-refractivity contribution in [2.75, 3.05) is 33.1 Å². The number of rotatable bonds is 6.